The lowest BCUT2D eigenvalue weighted by Gasteiger charge is -2.17. The van der Waals surface area contributed by atoms with Gasteiger partial charge in [0.2, 0.25) is 0 Å². The third kappa shape index (κ3) is 4.37. The molecule has 0 atom stereocenters. The van der Waals surface area contributed by atoms with E-state index in [4.69, 9.17) is 5.11 Å². The van der Waals surface area contributed by atoms with Crippen LogP contribution >= 0.6 is 0 Å². The number of hydrogen-bond donors (Lipinski definition) is 1. The Morgan fingerprint density at radius 1 is 1.44 bits per heavy atom. The number of rotatable bonds is 7. The number of aryl methyl sites for hydroxylation is 1. The largest absolute Gasteiger partial charge is 0.395 e. The van der Waals surface area contributed by atoms with Gasteiger partial charge in [-0.1, -0.05) is 13.8 Å². The summed E-state index contributed by atoms with van der Waals surface area (Å²) in [5.74, 6) is 0.741. The predicted octanol–water partition coefficient (Wildman–Crippen LogP) is 1.96. The summed E-state index contributed by atoms with van der Waals surface area (Å²) in [7, 11) is 2.04. The Morgan fingerprint density at radius 3 is 2.81 bits per heavy atom. The molecule has 0 aromatic carbocycles. The van der Waals surface area contributed by atoms with E-state index in [0.717, 1.165) is 25.6 Å². The Bertz CT molecular complexity index is 294. The number of aliphatic hydroxyl groups is 1. The minimum Gasteiger partial charge on any atom is -0.395 e. The van der Waals surface area contributed by atoms with Crippen LogP contribution < -0.4 is 0 Å². The fraction of sp³-hybridized carbons (Fsp3) is 0.692. The van der Waals surface area contributed by atoms with E-state index in [-0.39, 0.29) is 6.61 Å². The first-order chi connectivity index (χ1) is 7.63. The highest BCUT2D eigenvalue weighted by Crippen LogP contribution is 2.09. The minimum atomic E-state index is 0.225. The minimum absolute atomic E-state index is 0.225. The summed E-state index contributed by atoms with van der Waals surface area (Å²) < 4.78 is 2.31. The van der Waals surface area contributed by atoms with E-state index in [1.807, 2.05) is 7.05 Å². The predicted molar refractivity (Wildman–Crippen MR) is 67.3 cm³/mol. The zero-order valence-electron chi connectivity index (χ0n) is 10.7. The van der Waals surface area contributed by atoms with Gasteiger partial charge in [-0.25, -0.2) is 0 Å². The molecule has 0 unspecified atom stereocenters. The van der Waals surface area contributed by atoms with Crippen LogP contribution in [0.25, 0.3) is 0 Å². The van der Waals surface area contributed by atoms with Gasteiger partial charge in [0, 0.05) is 31.5 Å². The molecule has 1 aromatic rings. The lowest BCUT2D eigenvalue weighted by molar-refractivity contribution is 0.214. The molecular weight excluding hydrogens is 200 g/mol. The summed E-state index contributed by atoms with van der Waals surface area (Å²) in [6.45, 7) is 7.46. The summed E-state index contributed by atoms with van der Waals surface area (Å²) >= 11 is 0. The highest BCUT2D eigenvalue weighted by Gasteiger charge is 2.05. The van der Waals surface area contributed by atoms with Crippen LogP contribution in [-0.4, -0.2) is 34.8 Å². The fourth-order valence-electron chi connectivity index (χ4n) is 1.73. The molecule has 0 fully saturated rings. The summed E-state index contributed by atoms with van der Waals surface area (Å²) in [4.78, 5) is 2.14. The van der Waals surface area contributed by atoms with Gasteiger partial charge >= 0.3 is 0 Å². The average molecular weight is 224 g/mol. The normalized spacial score (nSPS) is 11.6. The molecule has 0 bridgehead atoms. The Morgan fingerprint density at radius 2 is 2.19 bits per heavy atom. The van der Waals surface area contributed by atoms with Crippen molar-refractivity contribution in [1.29, 1.82) is 0 Å². The molecule has 0 aliphatic carbocycles. The average Bonchev–Trinajstić information content (AvgIpc) is 2.62. The monoisotopic (exact) mass is 224 g/mol. The Hall–Kier alpha value is -0.800. The first-order valence-electron chi connectivity index (χ1n) is 6.07. The lowest BCUT2D eigenvalue weighted by Crippen LogP contribution is -2.23. The van der Waals surface area contributed by atoms with Gasteiger partial charge in [0.1, 0.15) is 0 Å². The van der Waals surface area contributed by atoms with Crippen LogP contribution in [0.15, 0.2) is 18.3 Å². The molecule has 0 saturated heterocycles. The van der Waals surface area contributed by atoms with Crippen LogP contribution in [0.3, 0.4) is 0 Å². The molecule has 16 heavy (non-hydrogen) atoms. The molecular formula is C13H24N2O. The molecule has 0 saturated carbocycles. The number of nitrogens with zero attached hydrogens (tertiary/aromatic N) is 2. The summed E-state index contributed by atoms with van der Waals surface area (Å²) in [6.07, 6.45) is 3.36. The quantitative estimate of drug-likeness (QED) is 0.767. The van der Waals surface area contributed by atoms with Crippen molar-refractivity contribution in [3.63, 3.8) is 0 Å². The van der Waals surface area contributed by atoms with E-state index < -0.39 is 0 Å². The van der Waals surface area contributed by atoms with E-state index in [1.54, 1.807) is 0 Å². The topological polar surface area (TPSA) is 28.4 Å². The van der Waals surface area contributed by atoms with Crippen molar-refractivity contribution in [2.45, 2.75) is 33.4 Å². The van der Waals surface area contributed by atoms with Gasteiger partial charge in [-0.05, 0) is 31.5 Å². The van der Waals surface area contributed by atoms with E-state index >= 15 is 0 Å². The van der Waals surface area contributed by atoms with Crippen LogP contribution in [0.5, 0.6) is 0 Å². The van der Waals surface area contributed by atoms with Gasteiger partial charge in [-0.2, -0.15) is 0 Å². The standard InChI is InChI=1S/C13H24N2O/c1-12(2)6-8-15-7-4-5-13(15)11-14(3)9-10-16/h4-5,7,12,16H,6,8-11H2,1-3H3. The van der Waals surface area contributed by atoms with Crippen LogP contribution in [-0.2, 0) is 13.1 Å². The number of likely N-dealkylation sites (N-methyl/N-ethyl adjacent to an activating group) is 1. The Labute approximate surface area is 98.7 Å². The van der Waals surface area contributed by atoms with Gasteiger partial charge in [0.15, 0.2) is 0 Å². The second kappa shape index (κ2) is 6.71. The van der Waals surface area contributed by atoms with Crippen LogP contribution in [0.1, 0.15) is 26.0 Å². The SMILES string of the molecule is CC(C)CCn1cccc1CN(C)CCO. The maximum absolute atomic E-state index is 8.86. The van der Waals surface area contributed by atoms with Crippen molar-refractivity contribution < 1.29 is 5.11 Å². The molecule has 0 aliphatic heterocycles. The highest BCUT2D eigenvalue weighted by atomic mass is 16.3. The Balaban J connectivity index is 2.49. The van der Waals surface area contributed by atoms with Gasteiger partial charge in [-0.3, -0.25) is 4.90 Å². The smallest absolute Gasteiger partial charge is 0.0558 e. The van der Waals surface area contributed by atoms with Gasteiger partial charge in [0.25, 0.3) is 0 Å². The zero-order valence-corrected chi connectivity index (χ0v) is 10.7. The molecule has 3 heteroatoms. The molecule has 1 heterocycles. The maximum Gasteiger partial charge on any atom is 0.0558 e. The van der Waals surface area contributed by atoms with Gasteiger partial charge in [-0.15, -0.1) is 0 Å². The summed E-state index contributed by atoms with van der Waals surface area (Å²) in [5.41, 5.74) is 1.33. The molecule has 1 N–H and O–H groups in total. The van der Waals surface area contributed by atoms with Crippen molar-refractivity contribution in [1.82, 2.24) is 9.47 Å². The molecule has 0 spiro atoms. The first kappa shape index (κ1) is 13.3. The summed E-state index contributed by atoms with van der Waals surface area (Å²) in [6, 6.07) is 4.26. The Kier molecular flexibility index (Phi) is 5.56. The van der Waals surface area contributed by atoms with Crippen molar-refractivity contribution >= 4 is 0 Å². The molecule has 0 amide bonds. The first-order valence-corrected chi connectivity index (χ1v) is 6.07. The molecule has 0 radical (unpaired) electrons. The molecule has 1 rings (SSSR count). The van der Waals surface area contributed by atoms with Crippen LogP contribution in [0, 0.1) is 5.92 Å². The van der Waals surface area contributed by atoms with Crippen LogP contribution in [0.2, 0.25) is 0 Å². The molecule has 0 aliphatic rings. The second-order valence-corrected chi connectivity index (χ2v) is 4.84. The van der Waals surface area contributed by atoms with Crippen molar-refractivity contribution in [2.75, 3.05) is 20.2 Å². The second-order valence-electron chi connectivity index (χ2n) is 4.84. The molecule has 1 aromatic heterocycles. The van der Waals surface area contributed by atoms with E-state index in [2.05, 4.69) is 41.6 Å². The van der Waals surface area contributed by atoms with Crippen molar-refractivity contribution in [2.24, 2.45) is 5.92 Å². The highest BCUT2D eigenvalue weighted by molar-refractivity contribution is 5.06. The van der Waals surface area contributed by atoms with E-state index in [9.17, 15) is 0 Å². The summed E-state index contributed by atoms with van der Waals surface area (Å²) in [5, 5.41) is 8.86. The maximum atomic E-state index is 8.86. The molecule has 92 valence electrons. The van der Waals surface area contributed by atoms with E-state index in [0.29, 0.717) is 0 Å². The third-order valence-electron chi connectivity index (χ3n) is 2.78. The van der Waals surface area contributed by atoms with Crippen LogP contribution in [0.4, 0.5) is 0 Å². The zero-order chi connectivity index (χ0) is 12.0. The number of hydrogen-bond acceptors (Lipinski definition) is 2. The van der Waals surface area contributed by atoms with Gasteiger partial charge in [0.05, 0.1) is 6.61 Å². The fourth-order valence-corrected chi connectivity index (χ4v) is 1.73. The third-order valence-corrected chi connectivity index (χ3v) is 2.78. The molecule has 3 nitrogen and oxygen atoms in total. The van der Waals surface area contributed by atoms with Gasteiger partial charge < -0.3 is 9.67 Å². The number of aromatic nitrogens is 1. The van der Waals surface area contributed by atoms with Crippen molar-refractivity contribution in [3.8, 4) is 0 Å². The number of aliphatic hydroxyl groups excluding tert-OH is 1. The van der Waals surface area contributed by atoms with Crippen molar-refractivity contribution in [3.05, 3.63) is 24.0 Å². The van der Waals surface area contributed by atoms with E-state index in [1.165, 1.54) is 12.1 Å². The lowest BCUT2D eigenvalue weighted by atomic mass is 10.1.